The predicted octanol–water partition coefficient (Wildman–Crippen LogP) is 5.83. The number of benzene rings is 2. The summed E-state index contributed by atoms with van der Waals surface area (Å²) in [4.78, 5) is 36.4. The summed E-state index contributed by atoms with van der Waals surface area (Å²) >= 11 is 0. The van der Waals surface area contributed by atoms with Crippen molar-refractivity contribution in [3.63, 3.8) is 0 Å². The zero-order valence-corrected chi connectivity index (χ0v) is 25.6. The van der Waals surface area contributed by atoms with Gasteiger partial charge in [0.2, 0.25) is 23.3 Å². The fraction of sp³-hybridized carbons (Fsp3) is 0.516. The SMILES string of the molecule is CC.CC(CC(=O)NCCOCCOCCNC(=O)c1ccc(C(=O)Oc2c(F)c(F)cc(F)c2F)cc1)CC(C)(C)C. The van der Waals surface area contributed by atoms with E-state index in [0.29, 0.717) is 38.7 Å². The molecule has 8 nitrogen and oxygen atoms in total. The van der Waals surface area contributed by atoms with Gasteiger partial charge in [-0.15, -0.1) is 0 Å². The Bertz CT molecular complexity index is 1160. The van der Waals surface area contributed by atoms with Crippen LogP contribution in [-0.4, -0.2) is 57.3 Å². The van der Waals surface area contributed by atoms with Gasteiger partial charge in [-0.25, -0.2) is 13.6 Å². The number of ether oxygens (including phenoxy) is 3. The van der Waals surface area contributed by atoms with Crippen LogP contribution < -0.4 is 15.4 Å². The van der Waals surface area contributed by atoms with E-state index in [-0.39, 0.29) is 41.7 Å². The number of halogens is 4. The van der Waals surface area contributed by atoms with Gasteiger partial charge in [-0.1, -0.05) is 41.5 Å². The fourth-order valence-corrected chi connectivity index (χ4v) is 3.98. The Balaban J connectivity index is 0.00000452. The molecular weight excluding hydrogens is 572 g/mol. The van der Waals surface area contributed by atoms with E-state index >= 15 is 0 Å². The maximum Gasteiger partial charge on any atom is 0.343 e. The quantitative estimate of drug-likeness (QED) is 0.0861. The molecule has 2 rings (SSSR count). The Labute approximate surface area is 250 Å². The van der Waals surface area contributed by atoms with E-state index in [2.05, 4.69) is 43.1 Å². The standard InChI is InChI=1S/C29H36F4N2O6.C2H6/c1-18(17-29(2,3)4)15-23(36)34-9-11-39-13-14-40-12-10-35-27(37)19-5-7-20(8-6-19)28(38)41-26-24(32)21(30)16-22(31)25(26)33;1-2/h5-8,16,18H,9-15,17H2,1-4H3,(H,34,36)(H,35,37);1-2H3. The van der Waals surface area contributed by atoms with Crippen molar-refractivity contribution >= 4 is 17.8 Å². The van der Waals surface area contributed by atoms with Gasteiger partial charge in [-0.05, 0) is 42.0 Å². The molecule has 0 aliphatic heterocycles. The highest BCUT2D eigenvalue weighted by Crippen LogP contribution is 2.27. The largest absolute Gasteiger partial charge is 0.416 e. The second-order valence-corrected chi connectivity index (χ2v) is 10.7. The molecule has 0 heterocycles. The molecule has 0 aliphatic rings. The van der Waals surface area contributed by atoms with Gasteiger partial charge in [0.25, 0.3) is 5.91 Å². The van der Waals surface area contributed by atoms with Crippen LogP contribution in [0.2, 0.25) is 0 Å². The van der Waals surface area contributed by atoms with Crippen LogP contribution in [0.5, 0.6) is 5.75 Å². The molecule has 0 spiro atoms. The van der Waals surface area contributed by atoms with Gasteiger partial charge in [0, 0.05) is 31.1 Å². The van der Waals surface area contributed by atoms with Gasteiger partial charge < -0.3 is 24.8 Å². The Hall–Kier alpha value is -3.51. The summed E-state index contributed by atoms with van der Waals surface area (Å²) in [7, 11) is 0. The summed E-state index contributed by atoms with van der Waals surface area (Å²) in [5.74, 6) is -10.1. The van der Waals surface area contributed by atoms with Gasteiger partial charge >= 0.3 is 5.97 Å². The highest BCUT2D eigenvalue weighted by molar-refractivity contribution is 5.96. The van der Waals surface area contributed by atoms with Gasteiger partial charge in [0.15, 0.2) is 11.6 Å². The van der Waals surface area contributed by atoms with Gasteiger partial charge in [-0.3, -0.25) is 9.59 Å². The van der Waals surface area contributed by atoms with Crippen molar-refractivity contribution in [1.29, 1.82) is 0 Å². The molecule has 1 unspecified atom stereocenters. The van der Waals surface area contributed by atoms with Crippen molar-refractivity contribution in [2.45, 2.75) is 54.4 Å². The fourth-order valence-electron chi connectivity index (χ4n) is 3.98. The van der Waals surface area contributed by atoms with E-state index in [0.717, 1.165) is 18.6 Å². The third-order valence-electron chi connectivity index (χ3n) is 5.62. The smallest absolute Gasteiger partial charge is 0.343 e. The Morgan fingerprint density at radius 2 is 1.28 bits per heavy atom. The number of hydrogen-bond acceptors (Lipinski definition) is 6. The molecule has 2 amide bonds. The molecule has 43 heavy (non-hydrogen) atoms. The average Bonchev–Trinajstić information content (AvgIpc) is 2.95. The van der Waals surface area contributed by atoms with E-state index in [1.54, 1.807) is 0 Å². The summed E-state index contributed by atoms with van der Waals surface area (Å²) in [5.41, 5.74) is 0.150. The Kier molecular flexibility index (Phi) is 16.5. The first-order valence-corrected chi connectivity index (χ1v) is 14.1. The molecule has 1 atom stereocenters. The van der Waals surface area contributed by atoms with Crippen LogP contribution in [0, 0.1) is 34.6 Å². The number of rotatable bonds is 15. The molecule has 0 radical (unpaired) electrons. The lowest BCUT2D eigenvalue weighted by molar-refractivity contribution is -0.122. The number of nitrogens with one attached hydrogen (secondary N) is 2. The molecule has 2 aromatic carbocycles. The lowest BCUT2D eigenvalue weighted by atomic mass is 9.84. The second-order valence-electron chi connectivity index (χ2n) is 10.7. The predicted molar refractivity (Wildman–Crippen MR) is 154 cm³/mol. The first kappa shape index (κ1) is 37.5. The van der Waals surface area contributed by atoms with Crippen molar-refractivity contribution in [3.8, 4) is 5.75 Å². The van der Waals surface area contributed by atoms with Crippen LogP contribution in [-0.2, 0) is 14.3 Å². The third-order valence-corrected chi connectivity index (χ3v) is 5.62. The maximum atomic E-state index is 13.7. The van der Waals surface area contributed by atoms with E-state index in [4.69, 9.17) is 9.47 Å². The zero-order valence-electron chi connectivity index (χ0n) is 25.6. The van der Waals surface area contributed by atoms with E-state index < -0.39 is 40.9 Å². The van der Waals surface area contributed by atoms with Crippen molar-refractivity contribution < 1.29 is 46.2 Å². The van der Waals surface area contributed by atoms with E-state index in [1.807, 2.05) is 13.8 Å². The van der Waals surface area contributed by atoms with Crippen molar-refractivity contribution in [2.24, 2.45) is 11.3 Å². The van der Waals surface area contributed by atoms with Crippen LogP contribution in [0.1, 0.15) is 75.1 Å². The lowest BCUT2D eigenvalue weighted by Crippen LogP contribution is -2.29. The minimum Gasteiger partial charge on any atom is -0.416 e. The highest BCUT2D eigenvalue weighted by Gasteiger charge is 2.24. The first-order chi connectivity index (χ1) is 20.3. The van der Waals surface area contributed by atoms with E-state index in [9.17, 15) is 31.9 Å². The van der Waals surface area contributed by atoms with Gasteiger partial charge in [-0.2, -0.15) is 8.78 Å². The van der Waals surface area contributed by atoms with Crippen LogP contribution in [0.25, 0.3) is 0 Å². The molecule has 0 saturated carbocycles. The summed E-state index contributed by atoms with van der Waals surface area (Å²) in [6.07, 6.45) is 1.44. The van der Waals surface area contributed by atoms with Crippen molar-refractivity contribution in [3.05, 3.63) is 64.7 Å². The van der Waals surface area contributed by atoms with E-state index in [1.165, 1.54) is 12.1 Å². The average molecular weight is 615 g/mol. The number of amides is 2. The molecule has 240 valence electrons. The summed E-state index contributed by atoms with van der Waals surface area (Å²) in [6.45, 7) is 14.3. The molecule has 0 aliphatic carbocycles. The van der Waals surface area contributed by atoms with Gasteiger partial charge in [0.1, 0.15) is 0 Å². The van der Waals surface area contributed by atoms with Crippen molar-refractivity contribution in [2.75, 3.05) is 39.5 Å². The molecule has 0 aromatic heterocycles. The second kappa shape index (κ2) is 18.9. The van der Waals surface area contributed by atoms with Crippen molar-refractivity contribution in [1.82, 2.24) is 10.6 Å². The first-order valence-electron chi connectivity index (χ1n) is 14.1. The van der Waals surface area contributed by atoms with Crippen LogP contribution >= 0.6 is 0 Å². The summed E-state index contributed by atoms with van der Waals surface area (Å²) < 4.78 is 69.3. The minimum absolute atomic E-state index is 0.00162. The lowest BCUT2D eigenvalue weighted by Gasteiger charge is -2.22. The van der Waals surface area contributed by atoms with Crippen LogP contribution in [0.15, 0.2) is 30.3 Å². The molecular formula is C31H42F4N2O6. The number of carbonyl (C=O) groups excluding carboxylic acids is 3. The molecule has 12 heteroatoms. The summed E-state index contributed by atoms with van der Waals surface area (Å²) in [6, 6.07) is 4.85. The highest BCUT2D eigenvalue weighted by atomic mass is 19.2. The normalized spacial score (nSPS) is 11.7. The number of carbonyl (C=O) groups is 3. The number of hydrogen-bond donors (Lipinski definition) is 2. The van der Waals surface area contributed by atoms with Crippen LogP contribution in [0.4, 0.5) is 17.6 Å². The third kappa shape index (κ3) is 14.0. The zero-order chi connectivity index (χ0) is 32.6. The Morgan fingerprint density at radius 3 is 1.79 bits per heavy atom. The van der Waals surface area contributed by atoms with Crippen LogP contribution in [0.3, 0.4) is 0 Å². The molecule has 2 aromatic rings. The monoisotopic (exact) mass is 614 g/mol. The minimum atomic E-state index is -1.84. The number of esters is 1. The molecule has 0 fully saturated rings. The topological polar surface area (TPSA) is 103 Å². The summed E-state index contributed by atoms with van der Waals surface area (Å²) in [5, 5.41) is 5.45. The Morgan fingerprint density at radius 1 is 0.791 bits per heavy atom. The van der Waals surface area contributed by atoms with Gasteiger partial charge in [0.05, 0.1) is 32.0 Å². The molecule has 0 saturated heterocycles. The molecule has 2 N–H and O–H groups in total. The molecule has 0 bridgehead atoms. The maximum absolute atomic E-state index is 13.7.